The number of anilines is 1. The lowest BCUT2D eigenvalue weighted by molar-refractivity contribution is -0.274. The van der Waals surface area contributed by atoms with Crippen LogP contribution in [0.25, 0.3) is 0 Å². The topological polar surface area (TPSA) is 61.9 Å². The molecule has 0 spiro atoms. The highest BCUT2D eigenvalue weighted by atomic mass is 32.1. The van der Waals surface area contributed by atoms with Gasteiger partial charge in [-0.2, -0.15) is 0 Å². The summed E-state index contributed by atoms with van der Waals surface area (Å²) in [6, 6.07) is 16.2. The number of hydrogen-bond donors (Lipinski definition) is 1. The van der Waals surface area contributed by atoms with Crippen molar-refractivity contribution in [3.8, 4) is 5.75 Å². The first-order chi connectivity index (χ1) is 16.3. The van der Waals surface area contributed by atoms with Gasteiger partial charge in [-0.15, -0.1) is 24.5 Å². The smallest absolute Gasteiger partial charge is 0.406 e. The normalized spacial score (nSPS) is 14.6. The number of carbonyl (C=O) groups is 2. The van der Waals surface area contributed by atoms with Crippen LogP contribution in [0.2, 0.25) is 0 Å². The fraction of sp³-hybridized carbons (Fsp3) is 0.250. The second-order valence-corrected chi connectivity index (χ2v) is 8.72. The summed E-state index contributed by atoms with van der Waals surface area (Å²) in [6.07, 6.45) is -4.71. The van der Waals surface area contributed by atoms with Crippen molar-refractivity contribution in [2.75, 3.05) is 31.5 Å². The third kappa shape index (κ3) is 6.36. The summed E-state index contributed by atoms with van der Waals surface area (Å²) in [7, 11) is 0. The number of nitrogens with zero attached hydrogens (tertiary/aromatic N) is 2. The summed E-state index contributed by atoms with van der Waals surface area (Å²) >= 11 is 1.36. The van der Waals surface area contributed by atoms with Crippen LogP contribution in [-0.4, -0.2) is 54.2 Å². The number of benzene rings is 2. The van der Waals surface area contributed by atoms with Crippen LogP contribution in [0.3, 0.4) is 0 Å². The molecule has 34 heavy (non-hydrogen) atoms. The molecule has 0 atom stereocenters. The predicted octanol–water partition coefficient (Wildman–Crippen LogP) is 4.86. The lowest BCUT2D eigenvalue weighted by atomic mass is 10.1. The van der Waals surface area contributed by atoms with Gasteiger partial charge in [0.1, 0.15) is 5.75 Å². The minimum atomic E-state index is -4.71. The Morgan fingerprint density at radius 3 is 2.21 bits per heavy atom. The second kappa shape index (κ2) is 10.3. The van der Waals surface area contributed by atoms with E-state index >= 15 is 0 Å². The van der Waals surface area contributed by atoms with Gasteiger partial charge in [0.15, 0.2) is 0 Å². The number of nitrogens with one attached hydrogen (secondary N) is 1. The summed E-state index contributed by atoms with van der Waals surface area (Å²) in [5, 5.41) is 4.64. The molecule has 1 aliphatic rings. The van der Waals surface area contributed by atoms with Gasteiger partial charge in [-0.3, -0.25) is 14.5 Å². The largest absolute Gasteiger partial charge is 0.573 e. The van der Waals surface area contributed by atoms with Crippen molar-refractivity contribution in [2.45, 2.75) is 12.9 Å². The van der Waals surface area contributed by atoms with Crippen molar-refractivity contribution in [1.29, 1.82) is 0 Å². The molecule has 0 bridgehead atoms. The minimum Gasteiger partial charge on any atom is -0.406 e. The van der Waals surface area contributed by atoms with Crippen molar-refractivity contribution in [1.82, 2.24) is 9.80 Å². The molecule has 1 saturated heterocycles. The van der Waals surface area contributed by atoms with Crippen LogP contribution < -0.4 is 10.1 Å². The molecule has 2 aromatic carbocycles. The molecular formula is C24H22F3N3O3S. The van der Waals surface area contributed by atoms with Crippen molar-refractivity contribution >= 4 is 28.8 Å². The van der Waals surface area contributed by atoms with Crippen LogP contribution in [0.5, 0.6) is 5.75 Å². The second-order valence-electron chi connectivity index (χ2n) is 7.77. The van der Waals surface area contributed by atoms with Gasteiger partial charge in [0.2, 0.25) is 0 Å². The summed E-state index contributed by atoms with van der Waals surface area (Å²) < 4.78 is 40.7. The van der Waals surface area contributed by atoms with E-state index in [9.17, 15) is 22.8 Å². The Kier molecular flexibility index (Phi) is 7.18. The molecule has 10 heteroatoms. The molecule has 2 heterocycles. The molecule has 1 fully saturated rings. The maximum absolute atomic E-state index is 12.9. The Morgan fingerprint density at radius 1 is 0.941 bits per heavy atom. The zero-order chi connectivity index (χ0) is 24.1. The maximum atomic E-state index is 12.9. The van der Waals surface area contributed by atoms with Crippen LogP contribution >= 0.6 is 11.3 Å². The molecular weight excluding hydrogens is 467 g/mol. The number of hydrogen-bond acceptors (Lipinski definition) is 5. The number of thiophene rings is 1. The van der Waals surface area contributed by atoms with E-state index in [1.807, 2.05) is 11.4 Å². The average molecular weight is 490 g/mol. The van der Waals surface area contributed by atoms with Crippen LogP contribution in [0.15, 0.2) is 66.0 Å². The van der Waals surface area contributed by atoms with Gasteiger partial charge in [0.25, 0.3) is 11.8 Å². The van der Waals surface area contributed by atoms with E-state index in [-0.39, 0.29) is 17.6 Å². The molecule has 1 aromatic heterocycles. The zero-order valence-corrected chi connectivity index (χ0v) is 18.9. The van der Waals surface area contributed by atoms with Crippen LogP contribution in [0.4, 0.5) is 18.9 Å². The van der Waals surface area contributed by atoms with Gasteiger partial charge in [-0.05, 0) is 53.4 Å². The van der Waals surface area contributed by atoms with Crippen LogP contribution in [0, 0.1) is 0 Å². The van der Waals surface area contributed by atoms with E-state index in [4.69, 9.17) is 0 Å². The van der Waals surface area contributed by atoms with E-state index in [0.29, 0.717) is 48.9 Å². The molecule has 3 aromatic rings. The Hall–Kier alpha value is -3.37. The van der Waals surface area contributed by atoms with E-state index < -0.39 is 6.36 Å². The summed E-state index contributed by atoms with van der Waals surface area (Å²) in [6.45, 7) is 2.98. The SMILES string of the molecule is O=C(Nc1ccc(C(=O)N2CCN(Cc3ccc(OC(F)(F)F)cc3)CC2)cc1)c1cccs1. The Bertz CT molecular complexity index is 1110. The number of piperazine rings is 1. The minimum absolute atomic E-state index is 0.0792. The first-order valence-electron chi connectivity index (χ1n) is 10.6. The first-order valence-corrected chi connectivity index (χ1v) is 11.5. The number of carbonyl (C=O) groups excluding carboxylic acids is 2. The van der Waals surface area contributed by atoms with Crippen molar-refractivity contribution in [2.24, 2.45) is 0 Å². The third-order valence-corrected chi connectivity index (χ3v) is 6.23. The van der Waals surface area contributed by atoms with Gasteiger partial charge in [0.05, 0.1) is 4.88 Å². The fourth-order valence-electron chi connectivity index (χ4n) is 3.64. The third-order valence-electron chi connectivity index (χ3n) is 5.36. The van der Waals surface area contributed by atoms with E-state index in [0.717, 1.165) is 5.56 Å². The van der Waals surface area contributed by atoms with Gasteiger partial charge >= 0.3 is 6.36 Å². The highest BCUT2D eigenvalue weighted by molar-refractivity contribution is 7.12. The molecule has 2 amide bonds. The Morgan fingerprint density at radius 2 is 1.62 bits per heavy atom. The Labute approximate surface area is 198 Å². The number of rotatable bonds is 6. The molecule has 4 rings (SSSR count). The zero-order valence-electron chi connectivity index (χ0n) is 18.0. The van der Waals surface area contributed by atoms with Gasteiger partial charge in [0, 0.05) is 44.0 Å². The molecule has 1 N–H and O–H groups in total. The van der Waals surface area contributed by atoms with E-state index in [1.165, 1.54) is 23.5 Å². The van der Waals surface area contributed by atoms with Crippen LogP contribution in [0.1, 0.15) is 25.6 Å². The molecule has 1 aliphatic heterocycles. The van der Waals surface area contributed by atoms with Crippen molar-refractivity contribution in [3.05, 3.63) is 82.0 Å². The lowest BCUT2D eigenvalue weighted by Crippen LogP contribution is -2.48. The molecule has 0 aliphatic carbocycles. The first kappa shape index (κ1) is 23.8. The van der Waals surface area contributed by atoms with Crippen molar-refractivity contribution < 1.29 is 27.5 Å². The summed E-state index contributed by atoms with van der Waals surface area (Å²) in [5.41, 5.74) is 2.03. The van der Waals surface area contributed by atoms with Crippen LogP contribution in [-0.2, 0) is 6.54 Å². The van der Waals surface area contributed by atoms with Gasteiger partial charge in [-0.1, -0.05) is 18.2 Å². The molecule has 178 valence electrons. The van der Waals surface area contributed by atoms with E-state index in [2.05, 4.69) is 15.0 Å². The maximum Gasteiger partial charge on any atom is 0.573 e. The van der Waals surface area contributed by atoms with Crippen molar-refractivity contribution in [3.63, 3.8) is 0 Å². The summed E-state index contributed by atoms with van der Waals surface area (Å²) in [4.78, 5) is 29.5. The average Bonchev–Trinajstić information content (AvgIpc) is 3.35. The monoisotopic (exact) mass is 489 g/mol. The van der Waals surface area contributed by atoms with Gasteiger partial charge in [-0.25, -0.2) is 0 Å². The fourth-order valence-corrected chi connectivity index (χ4v) is 4.26. The Balaban J connectivity index is 1.26. The predicted molar refractivity (Wildman–Crippen MR) is 123 cm³/mol. The highest BCUT2D eigenvalue weighted by Gasteiger charge is 2.31. The molecule has 6 nitrogen and oxygen atoms in total. The number of ether oxygens (including phenoxy) is 1. The molecule has 0 saturated carbocycles. The standard InChI is InChI=1S/C24H22F3N3O3S/c25-24(26,27)33-20-9-3-17(4-10-20)16-29-11-13-30(14-12-29)23(32)18-5-7-19(8-6-18)28-22(31)21-2-1-15-34-21/h1-10,15H,11-14,16H2,(H,28,31). The molecule has 0 unspecified atom stereocenters. The molecule has 0 radical (unpaired) electrons. The van der Waals surface area contributed by atoms with E-state index in [1.54, 1.807) is 47.4 Å². The quantitative estimate of drug-likeness (QED) is 0.538. The number of amides is 2. The summed E-state index contributed by atoms with van der Waals surface area (Å²) in [5.74, 6) is -0.513. The van der Waals surface area contributed by atoms with Gasteiger partial charge < -0.3 is 15.0 Å². The number of alkyl halides is 3. The highest BCUT2D eigenvalue weighted by Crippen LogP contribution is 2.23. The lowest BCUT2D eigenvalue weighted by Gasteiger charge is -2.34. The number of halogens is 3.